The van der Waals surface area contributed by atoms with Crippen molar-refractivity contribution in [3.8, 4) is 22.6 Å². The van der Waals surface area contributed by atoms with Crippen molar-refractivity contribution in [2.24, 2.45) is 0 Å². The molecular weight excluding hydrogens is 477 g/mol. The quantitative estimate of drug-likeness (QED) is 0.392. The van der Waals surface area contributed by atoms with Gasteiger partial charge in [-0.1, -0.05) is 29.8 Å². The average Bonchev–Trinajstić information content (AvgIpc) is 2.85. The molecule has 3 heterocycles. The summed E-state index contributed by atoms with van der Waals surface area (Å²) < 4.78 is 38.3. The predicted octanol–water partition coefficient (Wildman–Crippen LogP) is 5.73. The summed E-state index contributed by atoms with van der Waals surface area (Å²) >= 11 is 5.95. The first kappa shape index (κ1) is 23.3. The van der Waals surface area contributed by atoms with E-state index in [-0.39, 0.29) is 5.56 Å². The molecule has 0 radical (unpaired) electrons. The summed E-state index contributed by atoms with van der Waals surface area (Å²) in [5, 5.41) is 0.617. The molecule has 0 saturated heterocycles. The highest BCUT2D eigenvalue weighted by molar-refractivity contribution is 6.30. The van der Waals surface area contributed by atoms with Crippen LogP contribution < -0.4 is 5.56 Å². The molecule has 1 aliphatic heterocycles. The molecule has 35 heavy (non-hydrogen) atoms. The summed E-state index contributed by atoms with van der Waals surface area (Å²) in [5.74, 6) is 0.530. The molecule has 5 rings (SSSR count). The Morgan fingerprint density at radius 1 is 0.971 bits per heavy atom. The lowest BCUT2D eigenvalue weighted by Crippen LogP contribution is -2.35. The molecule has 2 aromatic heterocycles. The summed E-state index contributed by atoms with van der Waals surface area (Å²) in [5.41, 5.74) is 3.58. The minimum Gasteiger partial charge on any atom is -0.306 e. The molecule has 4 aromatic rings. The molecule has 0 unspecified atom stereocenters. The van der Waals surface area contributed by atoms with E-state index in [1.165, 1.54) is 12.1 Å². The van der Waals surface area contributed by atoms with Gasteiger partial charge in [0.25, 0.3) is 5.56 Å². The first-order valence-corrected chi connectivity index (χ1v) is 11.4. The molecule has 0 fully saturated rings. The first-order chi connectivity index (χ1) is 16.8. The van der Waals surface area contributed by atoms with Gasteiger partial charge < -0.3 is 4.98 Å². The van der Waals surface area contributed by atoms with Crippen LogP contribution in [0.25, 0.3) is 22.6 Å². The largest absolute Gasteiger partial charge is 0.416 e. The van der Waals surface area contributed by atoms with E-state index in [1.54, 1.807) is 24.4 Å². The molecule has 9 heteroatoms. The number of pyridine rings is 1. The van der Waals surface area contributed by atoms with Crippen molar-refractivity contribution in [1.29, 1.82) is 0 Å². The van der Waals surface area contributed by atoms with Crippen LogP contribution in [0, 0.1) is 0 Å². The Morgan fingerprint density at radius 2 is 1.69 bits per heavy atom. The van der Waals surface area contributed by atoms with Crippen molar-refractivity contribution in [3.63, 3.8) is 0 Å². The van der Waals surface area contributed by atoms with Gasteiger partial charge in [0.1, 0.15) is 5.82 Å². The van der Waals surface area contributed by atoms with Gasteiger partial charge in [0.15, 0.2) is 0 Å². The van der Waals surface area contributed by atoms with Crippen LogP contribution in [-0.2, 0) is 25.7 Å². The maximum absolute atomic E-state index is 12.8. The fraction of sp³-hybridized carbons (Fsp3) is 0.192. The number of aromatic amines is 1. The van der Waals surface area contributed by atoms with E-state index in [0.29, 0.717) is 47.2 Å². The van der Waals surface area contributed by atoms with Gasteiger partial charge in [-0.2, -0.15) is 13.2 Å². The van der Waals surface area contributed by atoms with Crippen LogP contribution in [0.15, 0.2) is 71.7 Å². The van der Waals surface area contributed by atoms with Crippen LogP contribution in [0.1, 0.15) is 22.4 Å². The third-order valence-electron chi connectivity index (χ3n) is 6.00. The smallest absolute Gasteiger partial charge is 0.306 e. The third kappa shape index (κ3) is 5.13. The Labute approximate surface area is 204 Å². The molecule has 0 bridgehead atoms. The van der Waals surface area contributed by atoms with E-state index in [1.807, 2.05) is 18.2 Å². The highest BCUT2D eigenvalue weighted by atomic mass is 35.5. The van der Waals surface area contributed by atoms with Gasteiger partial charge >= 0.3 is 6.18 Å². The van der Waals surface area contributed by atoms with Gasteiger partial charge in [0.05, 0.1) is 22.5 Å². The van der Waals surface area contributed by atoms with E-state index in [9.17, 15) is 18.0 Å². The Hall–Kier alpha value is -3.49. The Kier molecular flexibility index (Phi) is 6.17. The Morgan fingerprint density at radius 3 is 2.34 bits per heavy atom. The molecule has 0 aliphatic carbocycles. The van der Waals surface area contributed by atoms with Gasteiger partial charge in [0, 0.05) is 48.4 Å². The van der Waals surface area contributed by atoms with Crippen LogP contribution in [-0.4, -0.2) is 26.4 Å². The molecule has 1 N–H and O–H groups in total. The van der Waals surface area contributed by atoms with Crippen molar-refractivity contribution in [2.45, 2.75) is 25.7 Å². The molecule has 0 spiro atoms. The maximum Gasteiger partial charge on any atom is 0.416 e. The van der Waals surface area contributed by atoms with E-state index >= 15 is 0 Å². The van der Waals surface area contributed by atoms with Crippen LogP contribution in [0.5, 0.6) is 0 Å². The number of benzene rings is 2. The minimum absolute atomic E-state index is 0.152. The zero-order chi connectivity index (χ0) is 24.6. The van der Waals surface area contributed by atoms with Gasteiger partial charge in [-0.25, -0.2) is 4.98 Å². The molecule has 0 saturated carbocycles. The lowest BCUT2D eigenvalue weighted by Gasteiger charge is -2.27. The average molecular weight is 497 g/mol. The normalized spacial score (nSPS) is 14.1. The molecule has 2 aromatic carbocycles. The summed E-state index contributed by atoms with van der Waals surface area (Å²) in [4.78, 5) is 26.9. The number of aromatic nitrogens is 3. The molecule has 0 amide bonds. The van der Waals surface area contributed by atoms with Gasteiger partial charge in [-0.3, -0.25) is 14.7 Å². The molecule has 178 valence electrons. The number of rotatable bonds is 4. The van der Waals surface area contributed by atoms with Gasteiger partial charge in [0.2, 0.25) is 0 Å². The number of nitrogens with one attached hydrogen (secondary N) is 1. The van der Waals surface area contributed by atoms with E-state index in [0.717, 1.165) is 35.5 Å². The molecular formula is C26H20ClF3N4O. The van der Waals surface area contributed by atoms with Crippen LogP contribution >= 0.6 is 11.6 Å². The van der Waals surface area contributed by atoms with Crippen molar-refractivity contribution in [3.05, 3.63) is 105 Å². The number of hydrogen-bond acceptors (Lipinski definition) is 4. The van der Waals surface area contributed by atoms with Crippen LogP contribution in [0.3, 0.4) is 0 Å². The second-order valence-corrected chi connectivity index (χ2v) is 8.87. The standard InChI is InChI=1S/C26H20ClF3N4O/c27-20-8-4-18(5-9-20)24-32-23-11-12-34(15-21(23)25(35)33-24)14-16-1-10-22(31-13-16)17-2-6-19(7-3-17)26(28,29)30/h1-10,13H,11-12,14-15H2,(H,32,33,35). The third-order valence-corrected chi connectivity index (χ3v) is 6.26. The van der Waals surface area contributed by atoms with E-state index in [2.05, 4.69) is 19.9 Å². The second-order valence-electron chi connectivity index (χ2n) is 8.43. The Balaban J connectivity index is 1.28. The summed E-state index contributed by atoms with van der Waals surface area (Å²) in [6.45, 7) is 1.81. The highest BCUT2D eigenvalue weighted by Gasteiger charge is 2.30. The topological polar surface area (TPSA) is 61.9 Å². The predicted molar refractivity (Wildman–Crippen MR) is 128 cm³/mol. The SMILES string of the molecule is O=c1[nH]c(-c2ccc(Cl)cc2)nc2c1CN(Cc1ccc(-c3ccc(C(F)(F)F)cc3)nc1)CC2. The number of halogens is 4. The molecule has 5 nitrogen and oxygen atoms in total. The highest BCUT2D eigenvalue weighted by Crippen LogP contribution is 2.30. The first-order valence-electron chi connectivity index (χ1n) is 11.0. The Bertz CT molecular complexity index is 1400. The summed E-state index contributed by atoms with van der Waals surface area (Å²) in [6.07, 6.45) is -2.00. The number of H-pyrrole nitrogens is 1. The fourth-order valence-corrected chi connectivity index (χ4v) is 4.26. The second kappa shape index (κ2) is 9.28. The van der Waals surface area contributed by atoms with Crippen LogP contribution in [0.2, 0.25) is 5.02 Å². The molecule has 0 atom stereocenters. The fourth-order valence-electron chi connectivity index (χ4n) is 4.14. The summed E-state index contributed by atoms with van der Waals surface area (Å²) in [7, 11) is 0. The lowest BCUT2D eigenvalue weighted by atomic mass is 10.0. The van der Waals surface area contributed by atoms with Gasteiger partial charge in [-0.15, -0.1) is 0 Å². The van der Waals surface area contributed by atoms with E-state index in [4.69, 9.17) is 11.6 Å². The van der Waals surface area contributed by atoms with Crippen LogP contribution in [0.4, 0.5) is 13.2 Å². The number of hydrogen-bond donors (Lipinski definition) is 1. The lowest BCUT2D eigenvalue weighted by molar-refractivity contribution is -0.137. The van der Waals surface area contributed by atoms with Crippen molar-refractivity contribution in [2.75, 3.05) is 6.54 Å². The number of alkyl halides is 3. The van der Waals surface area contributed by atoms with Crippen molar-refractivity contribution < 1.29 is 13.2 Å². The van der Waals surface area contributed by atoms with Crippen molar-refractivity contribution in [1.82, 2.24) is 19.9 Å². The zero-order valence-electron chi connectivity index (χ0n) is 18.4. The monoisotopic (exact) mass is 496 g/mol. The maximum atomic E-state index is 12.8. The summed E-state index contributed by atoms with van der Waals surface area (Å²) in [6, 6.07) is 15.8. The van der Waals surface area contributed by atoms with Gasteiger partial charge in [-0.05, 0) is 48.0 Å². The minimum atomic E-state index is -4.36. The number of fused-ring (bicyclic) bond motifs is 1. The van der Waals surface area contributed by atoms with Crippen molar-refractivity contribution >= 4 is 11.6 Å². The number of nitrogens with zero attached hydrogens (tertiary/aromatic N) is 3. The van der Waals surface area contributed by atoms with E-state index < -0.39 is 11.7 Å². The molecule has 1 aliphatic rings. The zero-order valence-corrected chi connectivity index (χ0v) is 19.2.